The number of carbonyl (C=O) groups excluding carboxylic acids is 1. The van der Waals surface area contributed by atoms with Gasteiger partial charge in [-0.15, -0.1) is 11.6 Å². The zero-order valence-corrected chi connectivity index (χ0v) is 35.3. The van der Waals surface area contributed by atoms with Crippen LogP contribution in [0, 0.1) is 53.4 Å². The topological polar surface area (TPSA) is 44.8 Å². The molecule has 0 amide bonds. The first kappa shape index (κ1) is 40.3. The van der Waals surface area contributed by atoms with Gasteiger partial charge < -0.3 is 19.9 Å². The van der Waals surface area contributed by atoms with Crippen molar-refractivity contribution in [3.63, 3.8) is 0 Å². The van der Waals surface area contributed by atoms with Crippen LogP contribution in [0.3, 0.4) is 0 Å². The van der Waals surface area contributed by atoms with Gasteiger partial charge in [-0.05, 0) is 137 Å². The number of halogens is 1. The number of carbonyl (C=O) groups is 1. The molecular weight excluding hydrogens is 710 g/mol. The quantitative estimate of drug-likeness (QED) is 0.0549. The van der Waals surface area contributed by atoms with Gasteiger partial charge in [-0.25, -0.2) is 0 Å². The Labute approximate surface area is 339 Å². The normalized spacial score (nSPS) is 11.8. The fourth-order valence-corrected chi connectivity index (χ4v) is 8.27. The molecule has 6 heteroatoms. The van der Waals surface area contributed by atoms with E-state index in [-0.39, 0.29) is 23.9 Å². The highest BCUT2D eigenvalue weighted by atomic mass is 35.5. The number of hydrogen-bond acceptors (Lipinski definition) is 5. The van der Waals surface area contributed by atoms with E-state index in [0.717, 1.165) is 50.4 Å². The molecule has 1 atom stereocenters. The number of nitrogens with zero attached hydrogens (tertiary/aromatic N) is 2. The predicted molar refractivity (Wildman–Crippen MR) is 239 cm³/mol. The van der Waals surface area contributed by atoms with Crippen LogP contribution >= 0.6 is 11.6 Å². The number of aryl methyl sites for hydroxylation is 6. The van der Waals surface area contributed by atoms with Crippen LogP contribution in [0.2, 0.25) is 0 Å². The van der Waals surface area contributed by atoms with Gasteiger partial charge in [0.2, 0.25) is 0 Å². The molecule has 1 unspecified atom stereocenters. The first-order valence-electron chi connectivity index (χ1n) is 19.5. The van der Waals surface area contributed by atoms with Crippen molar-refractivity contribution < 1.29 is 9.53 Å². The molecule has 5 nitrogen and oxygen atoms in total. The lowest BCUT2D eigenvalue weighted by atomic mass is 9.82. The van der Waals surface area contributed by atoms with Crippen LogP contribution in [-0.4, -0.2) is 38.6 Å². The van der Waals surface area contributed by atoms with Crippen LogP contribution in [0.1, 0.15) is 63.9 Å². The first-order chi connectivity index (χ1) is 26.7. The van der Waals surface area contributed by atoms with Crippen LogP contribution in [-0.2, 0) is 9.53 Å². The highest BCUT2D eigenvalue weighted by molar-refractivity contribution is 6.21. The Balaban J connectivity index is 1.38. The largest absolute Gasteiger partial charge is 0.464 e. The van der Waals surface area contributed by atoms with Gasteiger partial charge in [-0.3, -0.25) is 4.79 Å². The molecule has 0 fully saturated rings. The Bertz CT molecular complexity index is 2180. The number of nitrogens with one attached hydrogen (secondary N) is 1. The highest BCUT2D eigenvalue weighted by Crippen LogP contribution is 2.40. The summed E-state index contributed by atoms with van der Waals surface area (Å²) in [5.74, 6) is 0.720. The average Bonchev–Trinajstić information content (AvgIpc) is 3.16. The second kappa shape index (κ2) is 17.2. The molecule has 0 aliphatic heterocycles. The molecule has 6 rings (SSSR count). The van der Waals surface area contributed by atoms with E-state index in [2.05, 4.69) is 180 Å². The highest BCUT2D eigenvalue weighted by Gasteiger charge is 2.27. The molecule has 6 aromatic rings. The molecule has 0 heterocycles. The summed E-state index contributed by atoms with van der Waals surface area (Å²) in [5.41, 5.74) is 16.7. The summed E-state index contributed by atoms with van der Waals surface area (Å²) in [5, 5.41) is 5.39. The van der Waals surface area contributed by atoms with Crippen LogP contribution in [0.25, 0.3) is 10.8 Å². The van der Waals surface area contributed by atoms with Crippen molar-refractivity contribution in [3.8, 4) is 0 Å². The maximum atomic E-state index is 12.0. The number of ether oxygens (including phenoxy) is 1. The summed E-state index contributed by atoms with van der Waals surface area (Å²) >= 11 is 6.62. The third-order valence-electron chi connectivity index (χ3n) is 10.6. The Kier molecular flexibility index (Phi) is 12.4. The summed E-state index contributed by atoms with van der Waals surface area (Å²) in [6, 6.07) is 39.7. The van der Waals surface area contributed by atoms with E-state index in [4.69, 9.17) is 16.3 Å². The van der Waals surface area contributed by atoms with Crippen LogP contribution in [0.5, 0.6) is 0 Å². The van der Waals surface area contributed by atoms with Gasteiger partial charge in [-0.2, -0.15) is 0 Å². The number of esters is 1. The standard InChI is InChI=1S/C50H55ClN3O2/c1-31(2)50(55)56-30-40(51)29-52-46-24-23-45(43-13-11-12-14-44(43)46)47(38-15-19-41(20-16-38)53(9)48-34(5)25-32(3)26-35(48)6)39-17-21-42(22-18-39)54(10)49-36(7)27-33(4)28-37(49)8/h11-28,31,40,52H,29-30H2,1-10H3/q+1. The van der Waals surface area contributed by atoms with Gasteiger partial charge in [0.05, 0.1) is 51.0 Å². The lowest BCUT2D eigenvalue weighted by Crippen LogP contribution is -2.23. The fraction of sp³-hybridized carbons (Fsp3) is 0.280. The van der Waals surface area contributed by atoms with E-state index in [9.17, 15) is 4.79 Å². The molecule has 6 aromatic carbocycles. The van der Waals surface area contributed by atoms with Gasteiger partial charge in [0.15, 0.2) is 0 Å². The maximum absolute atomic E-state index is 12.0. The van der Waals surface area contributed by atoms with E-state index >= 15 is 0 Å². The molecule has 0 aliphatic rings. The molecule has 0 radical (unpaired) electrons. The van der Waals surface area contributed by atoms with Crippen molar-refractivity contribution in [2.24, 2.45) is 5.92 Å². The van der Waals surface area contributed by atoms with E-state index in [1.165, 1.54) is 44.8 Å². The zero-order valence-electron chi connectivity index (χ0n) is 34.6. The van der Waals surface area contributed by atoms with E-state index in [1.54, 1.807) is 0 Å². The van der Waals surface area contributed by atoms with Crippen molar-refractivity contribution in [2.75, 3.05) is 42.4 Å². The lowest BCUT2D eigenvalue weighted by molar-refractivity contribution is -0.147. The lowest BCUT2D eigenvalue weighted by Gasteiger charge is -2.25. The average molecular weight is 765 g/mol. The Morgan fingerprint density at radius 3 is 1.55 bits per heavy atom. The van der Waals surface area contributed by atoms with E-state index in [0.29, 0.717) is 6.54 Å². The fourth-order valence-electron chi connectivity index (χ4n) is 8.13. The second-order valence-electron chi connectivity index (χ2n) is 15.6. The monoisotopic (exact) mass is 764 g/mol. The van der Waals surface area contributed by atoms with Crippen molar-refractivity contribution in [1.29, 1.82) is 0 Å². The van der Waals surface area contributed by atoms with Crippen LogP contribution < -0.4 is 15.1 Å². The van der Waals surface area contributed by atoms with Gasteiger partial charge in [-0.1, -0.05) is 61.4 Å². The summed E-state index contributed by atoms with van der Waals surface area (Å²) in [6.07, 6.45) is 0. The molecular formula is C50H55ClN3O2+. The third-order valence-corrected chi connectivity index (χ3v) is 10.9. The van der Waals surface area contributed by atoms with Crippen molar-refractivity contribution in [2.45, 2.75) is 60.8 Å². The minimum absolute atomic E-state index is 0.155. The summed E-state index contributed by atoms with van der Waals surface area (Å²) in [4.78, 5) is 16.6. The van der Waals surface area contributed by atoms with Gasteiger partial charge >= 0.3 is 5.97 Å². The van der Waals surface area contributed by atoms with E-state index in [1.807, 2.05) is 13.8 Å². The van der Waals surface area contributed by atoms with Crippen LogP contribution in [0.4, 0.5) is 28.4 Å². The SMILES string of the molecule is Cc1cc(C)c(N(C)c2ccc([C+](c3ccc(N(C)c4c(C)cc(C)cc4C)cc3)c3ccc(NCC(Cl)COC(=O)C(C)C)c4ccccc34)cc2)c(C)c1. The number of hydrogen-bond donors (Lipinski definition) is 1. The molecule has 0 aliphatic carbocycles. The number of anilines is 5. The zero-order chi connectivity index (χ0) is 40.3. The number of alkyl halides is 1. The summed E-state index contributed by atoms with van der Waals surface area (Å²) < 4.78 is 5.40. The van der Waals surface area contributed by atoms with Gasteiger partial charge in [0.1, 0.15) is 6.61 Å². The summed E-state index contributed by atoms with van der Waals surface area (Å²) in [7, 11) is 4.30. The molecule has 1 N–H and O–H groups in total. The third kappa shape index (κ3) is 8.69. The first-order valence-corrected chi connectivity index (χ1v) is 19.9. The van der Waals surface area contributed by atoms with Crippen molar-refractivity contribution in [3.05, 3.63) is 165 Å². The molecule has 56 heavy (non-hydrogen) atoms. The minimum atomic E-state index is -0.369. The van der Waals surface area contributed by atoms with Gasteiger partial charge in [0, 0.05) is 42.8 Å². The van der Waals surface area contributed by atoms with Crippen molar-refractivity contribution in [1.82, 2.24) is 0 Å². The van der Waals surface area contributed by atoms with Crippen molar-refractivity contribution >= 4 is 56.8 Å². The maximum Gasteiger partial charge on any atom is 0.308 e. The van der Waals surface area contributed by atoms with Crippen LogP contribution in [0.15, 0.2) is 109 Å². The molecule has 0 spiro atoms. The number of benzene rings is 6. The molecule has 0 saturated heterocycles. The molecule has 0 saturated carbocycles. The Morgan fingerprint density at radius 2 is 1.11 bits per heavy atom. The minimum Gasteiger partial charge on any atom is -0.464 e. The van der Waals surface area contributed by atoms with Gasteiger partial charge in [0.25, 0.3) is 0 Å². The molecule has 0 aromatic heterocycles. The predicted octanol–water partition coefficient (Wildman–Crippen LogP) is 12.5. The molecule has 288 valence electrons. The van der Waals surface area contributed by atoms with E-state index < -0.39 is 0 Å². The Morgan fingerprint density at radius 1 is 0.661 bits per heavy atom. The molecule has 0 bridgehead atoms. The second-order valence-corrected chi connectivity index (χ2v) is 16.2. The smallest absolute Gasteiger partial charge is 0.308 e. The summed E-state index contributed by atoms with van der Waals surface area (Å²) in [6.45, 7) is 17.3. The number of rotatable bonds is 13. The number of fused-ring (bicyclic) bond motifs is 1. The Hall–Kier alpha value is -5.39.